The molecule has 1 fully saturated rings. The van der Waals surface area contributed by atoms with Crippen molar-refractivity contribution in [1.29, 1.82) is 0 Å². The van der Waals surface area contributed by atoms with Crippen molar-refractivity contribution in [3.8, 4) is 0 Å². The molecule has 0 spiro atoms. The van der Waals surface area contributed by atoms with Gasteiger partial charge in [-0.3, -0.25) is 9.69 Å². The Hall–Kier alpha value is -2.29. The van der Waals surface area contributed by atoms with Gasteiger partial charge in [-0.2, -0.15) is 0 Å². The molecule has 1 aliphatic rings. The fourth-order valence-electron chi connectivity index (χ4n) is 3.27. The molecular weight excluding hydrogens is 422 g/mol. The van der Waals surface area contributed by atoms with Gasteiger partial charge in [0.05, 0.1) is 25.3 Å². The van der Waals surface area contributed by atoms with Gasteiger partial charge in [-0.05, 0) is 35.9 Å². The van der Waals surface area contributed by atoms with Crippen molar-refractivity contribution in [3.05, 3.63) is 58.1 Å². The number of nitrogens with zero attached hydrogens (tertiary/aromatic N) is 4. The molecule has 4 rings (SSSR count). The minimum absolute atomic E-state index is 0.121. The first-order valence-corrected chi connectivity index (χ1v) is 10.1. The van der Waals surface area contributed by atoms with Crippen LogP contribution >= 0.6 is 15.9 Å². The van der Waals surface area contributed by atoms with Crippen LogP contribution in [0.5, 0.6) is 0 Å². The SMILES string of the molecule is O=C(NCc1cccc(Br)c1)c1ccc2c(c1)nnn2CCN1CCOCC1. The second-order valence-electron chi connectivity index (χ2n) is 6.78. The highest BCUT2D eigenvalue weighted by atomic mass is 79.9. The zero-order valence-electron chi connectivity index (χ0n) is 15.5. The molecule has 28 heavy (non-hydrogen) atoms. The van der Waals surface area contributed by atoms with Crippen molar-refractivity contribution in [3.63, 3.8) is 0 Å². The van der Waals surface area contributed by atoms with Crippen LogP contribution in [-0.4, -0.2) is 58.6 Å². The first-order valence-electron chi connectivity index (χ1n) is 9.35. The van der Waals surface area contributed by atoms with Crippen molar-refractivity contribution in [2.24, 2.45) is 0 Å². The maximum Gasteiger partial charge on any atom is 0.251 e. The molecule has 7 nitrogen and oxygen atoms in total. The lowest BCUT2D eigenvalue weighted by atomic mass is 10.1. The Morgan fingerprint density at radius 1 is 1.14 bits per heavy atom. The Morgan fingerprint density at radius 3 is 2.82 bits per heavy atom. The van der Waals surface area contributed by atoms with Gasteiger partial charge in [0.15, 0.2) is 0 Å². The van der Waals surface area contributed by atoms with Crippen LogP contribution in [0.4, 0.5) is 0 Å². The van der Waals surface area contributed by atoms with E-state index in [4.69, 9.17) is 4.74 Å². The number of hydrogen-bond acceptors (Lipinski definition) is 5. The van der Waals surface area contributed by atoms with E-state index in [1.165, 1.54) is 0 Å². The molecule has 1 N–H and O–H groups in total. The first-order chi connectivity index (χ1) is 13.7. The lowest BCUT2D eigenvalue weighted by Gasteiger charge is -2.26. The number of amides is 1. The van der Waals surface area contributed by atoms with Gasteiger partial charge in [0, 0.05) is 36.2 Å². The van der Waals surface area contributed by atoms with E-state index in [0.717, 1.165) is 60.5 Å². The van der Waals surface area contributed by atoms with Crippen molar-refractivity contribution >= 4 is 32.9 Å². The Kier molecular flexibility index (Phi) is 5.99. The van der Waals surface area contributed by atoms with Crippen LogP contribution in [0.3, 0.4) is 0 Å². The highest BCUT2D eigenvalue weighted by molar-refractivity contribution is 9.10. The van der Waals surface area contributed by atoms with Crippen LogP contribution in [0.15, 0.2) is 46.9 Å². The lowest BCUT2D eigenvalue weighted by Crippen LogP contribution is -2.38. The summed E-state index contributed by atoms with van der Waals surface area (Å²) in [5, 5.41) is 11.4. The Bertz CT molecular complexity index is 968. The highest BCUT2D eigenvalue weighted by Crippen LogP contribution is 2.15. The third kappa shape index (κ3) is 4.57. The normalized spacial score (nSPS) is 15.0. The average Bonchev–Trinajstić information content (AvgIpc) is 3.13. The molecule has 0 aliphatic carbocycles. The number of ether oxygens (including phenoxy) is 1. The quantitative estimate of drug-likeness (QED) is 0.633. The highest BCUT2D eigenvalue weighted by Gasteiger charge is 2.13. The molecule has 2 heterocycles. The maximum atomic E-state index is 12.5. The first kappa shape index (κ1) is 19.0. The molecule has 8 heteroatoms. The van der Waals surface area contributed by atoms with Crippen LogP contribution in [0.1, 0.15) is 15.9 Å². The standard InChI is InChI=1S/C20H22BrN5O2/c21-17-3-1-2-15(12-17)14-22-20(27)16-4-5-19-18(13-16)23-24-26(19)7-6-25-8-10-28-11-9-25/h1-5,12-13H,6-11,14H2,(H,22,27). The molecule has 1 aromatic heterocycles. The van der Waals surface area contributed by atoms with Crippen LogP contribution in [0.2, 0.25) is 0 Å². The van der Waals surface area contributed by atoms with Gasteiger partial charge in [-0.25, -0.2) is 4.68 Å². The predicted octanol–water partition coefficient (Wildman–Crippen LogP) is 2.46. The Balaban J connectivity index is 1.39. The zero-order chi connectivity index (χ0) is 19.3. The van der Waals surface area contributed by atoms with Gasteiger partial charge in [-0.15, -0.1) is 5.10 Å². The number of carbonyl (C=O) groups is 1. The van der Waals surface area contributed by atoms with Gasteiger partial charge in [0.1, 0.15) is 5.52 Å². The molecule has 1 amide bonds. The fraction of sp³-hybridized carbons (Fsp3) is 0.350. The minimum atomic E-state index is -0.121. The van der Waals surface area contributed by atoms with Crippen LogP contribution in [-0.2, 0) is 17.8 Å². The Labute approximate surface area is 171 Å². The van der Waals surface area contributed by atoms with Gasteiger partial charge in [-0.1, -0.05) is 33.3 Å². The summed E-state index contributed by atoms with van der Waals surface area (Å²) in [5.74, 6) is -0.121. The summed E-state index contributed by atoms with van der Waals surface area (Å²) in [7, 11) is 0. The Morgan fingerprint density at radius 2 is 2.00 bits per heavy atom. The number of halogens is 1. The summed E-state index contributed by atoms with van der Waals surface area (Å²) < 4.78 is 8.27. The van der Waals surface area contributed by atoms with Crippen molar-refractivity contribution in [2.45, 2.75) is 13.1 Å². The number of aromatic nitrogens is 3. The van der Waals surface area contributed by atoms with E-state index in [-0.39, 0.29) is 5.91 Å². The van der Waals surface area contributed by atoms with E-state index in [2.05, 4.69) is 36.5 Å². The molecule has 1 aliphatic heterocycles. The minimum Gasteiger partial charge on any atom is -0.379 e. The van der Waals surface area contributed by atoms with E-state index < -0.39 is 0 Å². The third-order valence-corrected chi connectivity index (χ3v) is 5.34. The number of fused-ring (bicyclic) bond motifs is 1. The fourth-order valence-corrected chi connectivity index (χ4v) is 3.72. The number of nitrogens with one attached hydrogen (secondary N) is 1. The van der Waals surface area contributed by atoms with Crippen LogP contribution < -0.4 is 5.32 Å². The van der Waals surface area contributed by atoms with Crippen molar-refractivity contribution in [2.75, 3.05) is 32.8 Å². The lowest BCUT2D eigenvalue weighted by molar-refractivity contribution is 0.0360. The summed E-state index contributed by atoms with van der Waals surface area (Å²) in [6.45, 7) is 5.64. The van der Waals surface area contributed by atoms with E-state index in [1.807, 2.05) is 41.1 Å². The number of benzene rings is 2. The predicted molar refractivity (Wildman–Crippen MR) is 110 cm³/mol. The largest absolute Gasteiger partial charge is 0.379 e. The second kappa shape index (κ2) is 8.81. The molecule has 3 aromatic rings. The molecule has 0 unspecified atom stereocenters. The van der Waals surface area contributed by atoms with Gasteiger partial charge >= 0.3 is 0 Å². The maximum absolute atomic E-state index is 12.5. The summed E-state index contributed by atoms with van der Waals surface area (Å²) in [4.78, 5) is 14.9. The van der Waals surface area contributed by atoms with Gasteiger partial charge in [0.2, 0.25) is 0 Å². The van der Waals surface area contributed by atoms with E-state index >= 15 is 0 Å². The second-order valence-corrected chi connectivity index (χ2v) is 7.70. The van der Waals surface area contributed by atoms with E-state index in [0.29, 0.717) is 12.1 Å². The van der Waals surface area contributed by atoms with Crippen molar-refractivity contribution in [1.82, 2.24) is 25.2 Å². The molecule has 146 valence electrons. The third-order valence-electron chi connectivity index (χ3n) is 4.85. The molecule has 2 aromatic carbocycles. The summed E-state index contributed by atoms with van der Waals surface area (Å²) >= 11 is 3.44. The van der Waals surface area contributed by atoms with Gasteiger partial charge in [0.25, 0.3) is 5.91 Å². The number of carbonyl (C=O) groups excluding carboxylic acids is 1. The molecular formula is C20H22BrN5O2. The van der Waals surface area contributed by atoms with Crippen LogP contribution in [0, 0.1) is 0 Å². The number of rotatable bonds is 6. The van der Waals surface area contributed by atoms with Gasteiger partial charge < -0.3 is 10.1 Å². The van der Waals surface area contributed by atoms with E-state index in [1.54, 1.807) is 6.07 Å². The molecule has 0 atom stereocenters. The zero-order valence-corrected chi connectivity index (χ0v) is 17.1. The monoisotopic (exact) mass is 443 g/mol. The van der Waals surface area contributed by atoms with Crippen molar-refractivity contribution < 1.29 is 9.53 Å². The topological polar surface area (TPSA) is 72.3 Å². The molecule has 0 radical (unpaired) electrons. The number of hydrogen-bond donors (Lipinski definition) is 1. The summed E-state index contributed by atoms with van der Waals surface area (Å²) in [6, 6.07) is 13.4. The average molecular weight is 444 g/mol. The molecule has 0 saturated carbocycles. The molecule has 0 bridgehead atoms. The summed E-state index contributed by atoms with van der Waals surface area (Å²) in [5.41, 5.74) is 3.30. The van der Waals surface area contributed by atoms with E-state index in [9.17, 15) is 4.79 Å². The van der Waals surface area contributed by atoms with Crippen LogP contribution in [0.25, 0.3) is 11.0 Å². The molecule has 1 saturated heterocycles. The smallest absolute Gasteiger partial charge is 0.251 e. The number of morpholine rings is 1. The summed E-state index contributed by atoms with van der Waals surface area (Å²) in [6.07, 6.45) is 0.